The summed E-state index contributed by atoms with van der Waals surface area (Å²) in [7, 11) is 0. The number of imidazole rings is 1. The number of anilines is 1. The summed E-state index contributed by atoms with van der Waals surface area (Å²) in [4.78, 5) is 18.7. The highest BCUT2D eigenvalue weighted by atomic mass is 16.1. The molecule has 0 bridgehead atoms. The Balaban J connectivity index is 1.89. The Bertz CT molecular complexity index is 856. The zero-order valence-corrected chi connectivity index (χ0v) is 15.6. The maximum atomic E-state index is 12.1. The predicted molar refractivity (Wildman–Crippen MR) is 107 cm³/mol. The molecule has 1 aromatic carbocycles. The van der Waals surface area contributed by atoms with Gasteiger partial charge in [0.1, 0.15) is 5.71 Å². The number of nitrogens with one attached hydrogen (secondary N) is 2. The monoisotopic (exact) mass is 366 g/mol. The first-order valence-corrected chi connectivity index (χ1v) is 9.10. The number of aryl methyl sites for hydroxylation is 1. The molecule has 2 aromatic rings. The molecule has 0 unspecified atom stereocenters. The molecule has 1 aliphatic rings. The van der Waals surface area contributed by atoms with Crippen LogP contribution >= 0.6 is 0 Å². The molecule has 1 saturated heterocycles. The van der Waals surface area contributed by atoms with Gasteiger partial charge in [-0.05, 0) is 56.1 Å². The van der Waals surface area contributed by atoms with Crippen LogP contribution in [0.3, 0.4) is 0 Å². The third-order valence-corrected chi connectivity index (χ3v) is 4.64. The average molecular weight is 366 g/mol. The van der Waals surface area contributed by atoms with Crippen LogP contribution in [0.2, 0.25) is 0 Å². The van der Waals surface area contributed by atoms with Gasteiger partial charge in [-0.2, -0.15) is 0 Å². The SMILES string of the molecule is C=CC(=N)C(=O)Nc1cc(CN2CCC[C@H](N)C2)cc(-n2cnc(C)c2)c1. The minimum absolute atomic E-state index is 0.164. The zero-order valence-electron chi connectivity index (χ0n) is 15.6. The van der Waals surface area contributed by atoms with Gasteiger partial charge in [-0.1, -0.05) is 6.58 Å². The topological polar surface area (TPSA) is 100 Å². The number of piperidine rings is 1. The van der Waals surface area contributed by atoms with E-state index in [4.69, 9.17) is 11.1 Å². The summed E-state index contributed by atoms with van der Waals surface area (Å²) in [6, 6.07) is 6.13. The minimum atomic E-state index is -0.477. The van der Waals surface area contributed by atoms with Crippen LogP contribution in [0.5, 0.6) is 0 Å². The third-order valence-electron chi connectivity index (χ3n) is 4.64. The van der Waals surface area contributed by atoms with Crippen LogP contribution in [-0.4, -0.2) is 45.2 Å². The van der Waals surface area contributed by atoms with E-state index in [1.807, 2.05) is 29.8 Å². The van der Waals surface area contributed by atoms with Crippen LogP contribution in [0.4, 0.5) is 5.69 Å². The number of amides is 1. The van der Waals surface area contributed by atoms with Gasteiger partial charge in [-0.25, -0.2) is 4.98 Å². The van der Waals surface area contributed by atoms with Crippen molar-refractivity contribution in [3.8, 4) is 5.69 Å². The molecule has 7 nitrogen and oxygen atoms in total. The number of nitrogens with zero attached hydrogens (tertiary/aromatic N) is 3. The van der Waals surface area contributed by atoms with E-state index in [0.29, 0.717) is 5.69 Å². The Labute approximate surface area is 159 Å². The fourth-order valence-electron chi connectivity index (χ4n) is 3.33. The molecule has 4 N–H and O–H groups in total. The first-order chi connectivity index (χ1) is 12.9. The molecule has 1 atom stereocenters. The van der Waals surface area contributed by atoms with Crippen molar-refractivity contribution in [3.63, 3.8) is 0 Å². The normalized spacial score (nSPS) is 17.5. The van der Waals surface area contributed by atoms with Crippen LogP contribution < -0.4 is 11.1 Å². The van der Waals surface area contributed by atoms with Gasteiger partial charge in [-0.3, -0.25) is 15.1 Å². The average Bonchev–Trinajstić information content (AvgIpc) is 3.07. The number of nitrogens with two attached hydrogens (primary N) is 1. The largest absolute Gasteiger partial charge is 0.327 e. The van der Waals surface area contributed by atoms with Gasteiger partial charge in [0.05, 0.1) is 12.0 Å². The fraction of sp³-hybridized carbons (Fsp3) is 0.350. The molecular formula is C20H26N6O. The van der Waals surface area contributed by atoms with E-state index >= 15 is 0 Å². The van der Waals surface area contributed by atoms with Crippen LogP contribution in [0.1, 0.15) is 24.1 Å². The maximum absolute atomic E-state index is 12.1. The van der Waals surface area contributed by atoms with E-state index in [1.54, 1.807) is 6.33 Å². The summed E-state index contributed by atoms with van der Waals surface area (Å²) in [5, 5.41) is 10.4. The molecule has 1 aromatic heterocycles. The second-order valence-corrected chi connectivity index (χ2v) is 7.02. The first-order valence-electron chi connectivity index (χ1n) is 9.10. The molecule has 0 spiro atoms. The summed E-state index contributed by atoms with van der Waals surface area (Å²) in [5.74, 6) is -0.477. The molecule has 27 heavy (non-hydrogen) atoms. The maximum Gasteiger partial charge on any atom is 0.273 e. The van der Waals surface area contributed by atoms with Gasteiger partial charge >= 0.3 is 0 Å². The van der Waals surface area contributed by atoms with Crippen LogP contribution in [0.15, 0.2) is 43.4 Å². The summed E-state index contributed by atoms with van der Waals surface area (Å²) in [5.41, 5.74) is 9.49. The molecule has 2 heterocycles. The van der Waals surface area contributed by atoms with Crippen molar-refractivity contribution in [2.24, 2.45) is 5.73 Å². The second-order valence-electron chi connectivity index (χ2n) is 7.02. The number of carbonyl (C=O) groups excluding carboxylic acids is 1. The zero-order chi connectivity index (χ0) is 19.4. The Hall–Kier alpha value is -2.77. The van der Waals surface area contributed by atoms with E-state index in [-0.39, 0.29) is 11.8 Å². The lowest BCUT2D eigenvalue weighted by molar-refractivity contribution is -0.110. The van der Waals surface area contributed by atoms with Gasteiger partial charge in [0.2, 0.25) is 0 Å². The Morgan fingerprint density at radius 3 is 2.96 bits per heavy atom. The minimum Gasteiger partial charge on any atom is -0.327 e. The van der Waals surface area contributed by atoms with Crippen molar-refractivity contribution in [3.05, 3.63) is 54.6 Å². The smallest absolute Gasteiger partial charge is 0.273 e. The number of benzene rings is 1. The molecular weight excluding hydrogens is 340 g/mol. The van der Waals surface area contributed by atoms with Crippen LogP contribution in [0.25, 0.3) is 5.69 Å². The highest BCUT2D eigenvalue weighted by Crippen LogP contribution is 2.21. The number of rotatable bonds is 6. The molecule has 1 aliphatic heterocycles. The van der Waals surface area contributed by atoms with Gasteiger partial charge in [0.25, 0.3) is 5.91 Å². The van der Waals surface area contributed by atoms with Crippen LogP contribution in [-0.2, 0) is 11.3 Å². The van der Waals surface area contributed by atoms with Crippen molar-refractivity contribution in [1.82, 2.24) is 14.5 Å². The number of carbonyl (C=O) groups is 1. The molecule has 1 fully saturated rings. The quantitative estimate of drug-likeness (QED) is 0.683. The van der Waals surface area contributed by atoms with E-state index < -0.39 is 5.91 Å². The lowest BCUT2D eigenvalue weighted by Gasteiger charge is -2.30. The number of hydrogen-bond donors (Lipinski definition) is 3. The third kappa shape index (κ3) is 4.90. The molecule has 142 valence electrons. The van der Waals surface area contributed by atoms with Crippen molar-refractivity contribution >= 4 is 17.3 Å². The molecule has 7 heteroatoms. The number of likely N-dealkylation sites (tertiary alicyclic amines) is 1. The summed E-state index contributed by atoms with van der Waals surface area (Å²) < 4.78 is 1.93. The molecule has 0 radical (unpaired) electrons. The molecule has 1 amide bonds. The number of hydrogen-bond acceptors (Lipinski definition) is 5. The van der Waals surface area contributed by atoms with E-state index in [2.05, 4.69) is 27.8 Å². The Morgan fingerprint density at radius 2 is 2.30 bits per heavy atom. The Kier molecular flexibility index (Phi) is 5.83. The summed E-state index contributed by atoms with van der Waals surface area (Å²) in [6.07, 6.45) is 7.09. The van der Waals surface area contributed by atoms with Crippen molar-refractivity contribution in [1.29, 1.82) is 5.41 Å². The van der Waals surface area contributed by atoms with Gasteiger partial charge in [0.15, 0.2) is 0 Å². The molecule has 0 aliphatic carbocycles. The lowest BCUT2D eigenvalue weighted by atomic mass is 10.1. The first kappa shape index (κ1) is 19.0. The van der Waals surface area contributed by atoms with Crippen LogP contribution in [0, 0.1) is 12.3 Å². The summed E-state index contributed by atoms with van der Waals surface area (Å²) >= 11 is 0. The van der Waals surface area contributed by atoms with Gasteiger partial charge in [-0.15, -0.1) is 0 Å². The van der Waals surface area contributed by atoms with Crippen molar-refractivity contribution in [2.75, 3.05) is 18.4 Å². The van der Waals surface area contributed by atoms with Gasteiger partial charge < -0.3 is 15.6 Å². The van der Waals surface area contributed by atoms with E-state index in [9.17, 15) is 4.79 Å². The highest BCUT2D eigenvalue weighted by Gasteiger charge is 2.17. The van der Waals surface area contributed by atoms with Crippen molar-refractivity contribution < 1.29 is 4.79 Å². The Morgan fingerprint density at radius 1 is 1.48 bits per heavy atom. The summed E-state index contributed by atoms with van der Waals surface area (Å²) in [6.45, 7) is 8.06. The van der Waals surface area contributed by atoms with Crippen molar-refractivity contribution in [2.45, 2.75) is 32.4 Å². The second kappa shape index (κ2) is 8.28. The highest BCUT2D eigenvalue weighted by molar-refractivity contribution is 6.45. The van der Waals surface area contributed by atoms with Gasteiger partial charge in [0, 0.05) is 36.7 Å². The molecule has 3 rings (SSSR count). The van der Waals surface area contributed by atoms with E-state index in [0.717, 1.165) is 49.4 Å². The standard InChI is InChI=1S/C20H26N6O/c1-3-19(22)20(27)24-17-7-15(11-25-6-4-5-16(21)12-25)8-18(9-17)26-10-14(2)23-13-26/h3,7-10,13,16,22H,1,4-6,11-12,21H2,2H3,(H,24,27)/t16-/m0/s1. The molecule has 0 saturated carbocycles. The predicted octanol–water partition coefficient (Wildman–Crippen LogP) is 2.25. The lowest BCUT2D eigenvalue weighted by Crippen LogP contribution is -2.42. The van der Waals surface area contributed by atoms with E-state index in [1.165, 1.54) is 6.08 Å². The fourth-order valence-corrected chi connectivity index (χ4v) is 3.33. The number of aromatic nitrogens is 2.